The molecule has 0 saturated carbocycles. The fraction of sp³-hybridized carbons (Fsp3) is 0.471. The maximum atomic E-state index is 10.8. The molecule has 2 N–H and O–H groups in total. The number of piperidine rings is 1. The topological polar surface area (TPSA) is 56.3 Å². The maximum Gasteiger partial charge on any atom is 0.303 e. The van der Waals surface area contributed by atoms with Gasteiger partial charge in [-0.15, -0.1) is 0 Å². The predicted molar refractivity (Wildman–Crippen MR) is 83.2 cm³/mol. The number of nitrogens with zero attached hydrogens (tertiary/aromatic N) is 1. The van der Waals surface area contributed by atoms with E-state index in [1.807, 2.05) is 6.20 Å². The van der Waals surface area contributed by atoms with Gasteiger partial charge in [0, 0.05) is 36.1 Å². The number of hydrogen-bond donors (Lipinski definition) is 2. The number of aromatic nitrogens is 1. The Morgan fingerprint density at radius 2 is 2.24 bits per heavy atom. The summed E-state index contributed by atoms with van der Waals surface area (Å²) < 4.78 is 0. The van der Waals surface area contributed by atoms with Crippen molar-refractivity contribution >= 4 is 16.9 Å². The molecule has 0 radical (unpaired) electrons. The maximum absolute atomic E-state index is 10.8. The molecule has 2 heterocycles. The van der Waals surface area contributed by atoms with E-state index in [1.165, 1.54) is 29.3 Å². The molecule has 0 aliphatic carbocycles. The number of benzene rings is 1. The van der Waals surface area contributed by atoms with E-state index in [1.54, 1.807) is 0 Å². The van der Waals surface area contributed by atoms with E-state index in [2.05, 4.69) is 34.1 Å². The van der Waals surface area contributed by atoms with Crippen LogP contribution in [0.25, 0.3) is 10.9 Å². The molecule has 1 fully saturated rings. The zero-order valence-electron chi connectivity index (χ0n) is 12.2. The molecule has 0 bridgehead atoms. The normalized spacial score (nSPS) is 19.9. The zero-order chi connectivity index (χ0) is 14.7. The summed E-state index contributed by atoms with van der Waals surface area (Å²) in [5.74, 6) is -0.687. The van der Waals surface area contributed by atoms with Crippen molar-refractivity contribution in [3.8, 4) is 0 Å². The van der Waals surface area contributed by atoms with Crippen molar-refractivity contribution in [2.24, 2.45) is 0 Å². The third kappa shape index (κ3) is 3.27. The van der Waals surface area contributed by atoms with Crippen molar-refractivity contribution in [2.75, 3.05) is 6.54 Å². The first-order valence-electron chi connectivity index (χ1n) is 7.75. The molecule has 1 saturated heterocycles. The van der Waals surface area contributed by atoms with E-state index in [9.17, 15) is 4.79 Å². The van der Waals surface area contributed by atoms with Crippen LogP contribution in [0.3, 0.4) is 0 Å². The highest BCUT2D eigenvalue weighted by Crippen LogP contribution is 2.25. The number of fused-ring (bicyclic) bond motifs is 1. The molecule has 4 nitrogen and oxygen atoms in total. The smallest absolute Gasteiger partial charge is 0.303 e. The highest BCUT2D eigenvalue weighted by atomic mass is 16.4. The lowest BCUT2D eigenvalue weighted by atomic mass is 9.96. The number of H-pyrrole nitrogens is 1. The number of hydrogen-bond acceptors (Lipinski definition) is 2. The van der Waals surface area contributed by atoms with Crippen LogP contribution in [0.5, 0.6) is 0 Å². The Morgan fingerprint density at radius 1 is 1.33 bits per heavy atom. The molecule has 2 aromatic rings. The minimum atomic E-state index is -0.687. The average molecular weight is 286 g/mol. The molecular formula is C17H22N2O2. The number of carboxylic acids is 1. The van der Waals surface area contributed by atoms with Crippen molar-refractivity contribution in [3.63, 3.8) is 0 Å². The van der Waals surface area contributed by atoms with Gasteiger partial charge in [-0.05, 0) is 43.5 Å². The third-order valence-corrected chi connectivity index (χ3v) is 4.50. The third-order valence-electron chi connectivity index (χ3n) is 4.50. The first kappa shape index (κ1) is 14.1. The van der Waals surface area contributed by atoms with Gasteiger partial charge in [0.15, 0.2) is 0 Å². The van der Waals surface area contributed by atoms with Crippen LogP contribution in [0.2, 0.25) is 0 Å². The number of aliphatic carboxylic acids is 1. The molecule has 1 atom stereocenters. The van der Waals surface area contributed by atoms with E-state index in [0.29, 0.717) is 6.04 Å². The summed E-state index contributed by atoms with van der Waals surface area (Å²) in [5.41, 5.74) is 2.50. The molecule has 0 unspecified atom stereocenters. The van der Waals surface area contributed by atoms with Gasteiger partial charge in [0.05, 0.1) is 0 Å². The van der Waals surface area contributed by atoms with Gasteiger partial charge in [0.2, 0.25) is 0 Å². The van der Waals surface area contributed by atoms with Crippen LogP contribution in [0.15, 0.2) is 30.5 Å². The molecule has 1 aliphatic heterocycles. The predicted octanol–water partition coefficient (Wildman–Crippen LogP) is 3.39. The van der Waals surface area contributed by atoms with E-state index in [0.717, 1.165) is 25.9 Å². The number of nitrogens with one attached hydrogen (secondary N) is 1. The van der Waals surface area contributed by atoms with E-state index in [4.69, 9.17) is 5.11 Å². The number of likely N-dealkylation sites (tertiary alicyclic amines) is 1. The SMILES string of the molecule is O=C(O)CC[C@@H]1CCCCN1Cc1cccc2[nH]ccc12. The van der Waals surface area contributed by atoms with Crippen LogP contribution < -0.4 is 0 Å². The van der Waals surface area contributed by atoms with Gasteiger partial charge in [-0.25, -0.2) is 0 Å². The van der Waals surface area contributed by atoms with Crippen LogP contribution >= 0.6 is 0 Å². The van der Waals surface area contributed by atoms with Crippen LogP contribution in [-0.2, 0) is 11.3 Å². The molecule has 3 rings (SSSR count). The Balaban J connectivity index is 1.74. The average Bonchev–Trinajstić information content (AvgIpc) is 2.96. The minimum absolute atomic E-state index is 0.273. The van der Waals surface area contributed by atoms with Crippen LogP contribution in [-0.4, -0.2) is 33.5 Å². The molecule has 21 heavy (non-hydrogen) atoms. The first-order valence-corrected chi connectivity index (χ1v) is 7.75. The van der Waals surface area contributed by atoms with Gasteiger partial charge in [0.1, 0.15) is 0 Å². The van der Waals surface area contributed by atoms with Gasteiger partial charge in [-0.3, -0.25) is 9.69 Å². The van der Waals surface area contributed by atoms with Crippen LogP contribution in [0, 0.1) is 0 Å². The number of aromatic amines is 1. The molecule has 112 valence electrons. The van der Waals surface area contributed by atoms with E-state index < -0.39 is 5.97 Å². The Kier molecular flexibility index (Phi) is 4.25. The summed E-state index contributed by atoms with van der Waals surface area (Å²) >= 11 is 0. The van der Waals surface area contributed by atoms with Crippen molar-refractivity contribution in [3.05, 3.63) is 36.0 Å². The number of carbonyl (C=O) groups is 1. The lowest BCUT2D eigenvalue weighted by molar-refractivity contribution is -0.137. The Morgan fingerprint density at radius 3 is 3.10 bits per heavy atom. The van der Waals surface area contributed by atoms with Gasteiger partial charge in [-0.1, -0.05) is 18.6 Å². The summed E-state index contributed by atoms with van der Waals surface area (Å²) in [6.07, 6.45) is 6.57. The molecule has 0 spiro atoms. The summed E-state index contributed by atoms with van der Waals surface area (Å²) in [6, 6.07) is 8.89. The second-order valence-electron chi connectivity index (χ2n) is 5.91. The van der Waals surface area contributed by atoms with Crippen LogP contribution in [0.1, 0.15) is 37.7 Å². The molecule has 0 amide bonds. The highest BCUT2D eigenvalue weighted by Gasteiger charge is 2.23. The quantitative estimate of drug-likeness (QED) is 0.886. The lowest BCUT2D eigenvalue weighted by Gasteiger charge is -2.35. The Hall–Kier alpha value is -1.81. The van der Waals surface area contributed by atoms with Crippen LogP contribution in [0.4, 0.5) is 0 Å². The van der Waals surface area contributed by atoms with E-state index >= 15 is 0 Å². The zero-order valence-corrected chi connectivity index (χ0v) is 12.2. The van der Waals surface area contributed by atoms with Crippen molar-refractivity contribution < 1.29 is 9.90 Å². The largest absolute Gasteiger partial charge is 0.481 e. The Labute approximate surface area is 124 Å². The van der Waals surface area contributed by atoms with Crippen molar-refractivity contribution in [1.29, 1.82) is 0 Å². The van der Waals surface area contributed by atoms with Gasteiger partial charge in [0.25, 0.3) is 0 Å². The summed E-state index contributed by atoms with van der Waals surface area (Å²) in [6.45, 7) is 1.99. The standard InChI is InChI=1S/C17H22N2O2/c20-17(21)8-7-14-5-1-2-11-19(14)12-13-4-3-6-16-15(13)9-10-18-16/h3-4,6,9-10,14,18H,1-2,5,7-8,11-12H2,(H,20,21)/t14-/m0/s1. The summed E-state index contributed by atoms with van der Waals surface area (Å²) in [7, 11) is 0. The molecule has 1 aromatic heterocycles. The van der Waals surface area contributed by atoms with Crippen molar-refractivity contribution in [1.82, 2.24) is 9.88 Å². The monoisotopic (exact) mass is 286 g/mol. The molecule has 1 aromatic carbocycles. The fourth-order valence-electron chi connectivity index (χ4n) is 3.39. The lowest BCUT2D eigenvalue weighted by Crippen LogP contribution is -2.39. The first-order chi connectivity index (χ1) is 10.2. The number of carboxylic acid groups (broad SMARTS) is 1. The molecule has 1 aliphatic rings. The second-order valence-corrected chi connectivity index (χ2v) is 5.91. The molecule has 4 heteroatoms. The highest BCUT2D eigenvalue weighted by molar-refractivity contribution is 5.82. The summed E-state index contributed by atoms with van der Waals surface area (Å²) in [4.78, 5) is 16.5. The summed E-state index contributed by atoms with van der Waals surface area (Å²) in [5, 5.41) is 10.2. The Bertz CT molecular complexity index is 620. The van der Waals surface area contributed by atoms with E-state index in [-0.39, 0.29) is 6.42 Å². The van der Waals surface area contributed by atoms with Gasteiger partial charge < -0.3 is 10.1 Å². The fourth-order valence-corrected chi connectivity index (χ4v) is 3.39. The number of rotatable bonds is 5. The minimum Gasteiger partial charge on any atom is -0.481 e. The van der Waals surface area contributed by atoms with Gasteiger partial charge in [-0.2, -0.15) is 0 Å². The van der Waals surface area contributed by atoms with Crippen molar-refractivity contribution in [2.45, 2.75) is 44.7 Å². The second kappa shape index (κ2) is 6.31. The van der Waals surface area contributed by atoms with Gasteiger partial charge >= 0.3 is 5.97 Å². The molecular weight excluding hydrogens is 264 g/mol.